The molecule has 2 heterocycles. The fourth-order valence-electron chi connectivity index (χ4n) is 3.65. The van der Waals surface area contributed by atoms with Gasteiger partial charge in [0.05, 0.1) is 17.2 Å². The van der Waals surface area contributed by atoms with Crippen molar-refractivity contribution in [2.45, 2.75) is 30.7 Å². The van der Waals surface area contributed by atoms with Crippen LogP contribution in [0.25, 0.3) is 0 Å². The van der Waals surface area contributed by atoms with E-state index in [1.165, 1.54) is 46.7 Å². The van der Waals surface area contributed by atoms with E-state index in [1.54, 1.807) is 43.5 Å². The first kappa shape index (κ1) is 23.6. The minimum absolute atomic E-state index is 0.0340. The summed E-state index contributed by atoms with van der Waals surface area (Å²) in [5, 5.41) is 1.93. The average Bonchev–Trinajstić information content (AvgIpc) is 3.41. The van der Waals surface area contributed by atoms with Crippen molar-refractivity contribution in [2.24, 2.45) is 4.99 Å². The maximum Gasteiger partial charge on any atom is 0.332 e. The fraction of sp³-hybridized carbons (Fsp3) is 0.217. The summed E-state index contributed by atoms with van der Waals surface area (Å²) < 4.78 is 32.7. The van der Waals surface area contributed by atoms with E-state index >= 15 is 0 Å². The molecule has 1 aliphatic heterocycles. The Balaban J connectivity index is 1.63. The van der Waals surface area contributed by atoms with Gasteiger partial charge in [0.25, 0.3) is 15.9 Å². The second-order valence-electron chi connectivity index (χ2n) is 7.64. The minimum Gasteiger partial charge on any atom is -0.464 e. The predicted molar refractivity (Wildman–Crippen MR) is 130 cm³/mol. The van der Waals surface area contributed by atoms with Gasteiger partial charge in [-0.05, 0) is 50.2 Å². The zero-order chi connectivity index (χ0) is 24.3. The third kappa shape index (κ3) is 4.57. The largest absolute Gasteiger partial charge is 0.464 e. The summed E-state index contributed by atoms with van der Waals surface area (Å²) in [4.78, 5) is 35.9. The quantitative estimate of drug-likeness (QED) is 0.496. The molecule has 3 aromatic rings. The van der Waals surface area contributed by atoms with Crippen LogP contribution < -0.4 is 9.62 Å². The Morgan fingerprint density at radius 2 is 1.91 bits per heavy atom. The number of thiazole rings is 1. The molecule has 1 N–H and O–H groups in total. The average molecular weight is 499 g/mol. The van der Waals surface area contributed by atoms with Gasteiger partial charge in [-0.15, -0.1) is 11.3 Å². The molecule has 34 heavy (non-hydrogen) atoms. The third-order valence-corrected chi connectivity index (χ3v) is 7.42. The number of nitrogens with zero attached hydrogens (tertiary/aromatic N) is 3. The van der Waals surface area contributed by atoms with Crippen molar-refractivity contribution in [3.63, 3.8) is 0 Å². The summed E-state index contributed by atoms with van der Waals surface area (Å²) >= 11 is 1.17. The number of esters is 1. The number of rotatable bonds is 7. The van der Waals surface area contributed by atoms with Crippen LogP contribution in [0, 0.1) is 0 Å². The Labute approximate surface area is 201 Å². The molecule has 0 radical (unpaired) electrons. The highest BCUT2D eigenvalue weighted by atomic mass is 32.2. The molecule has 0 aliphatic carbocycles. The zero-order valence-electron chi connectivity index (χ0n) is 18.5. The van der Waals surface area contributed by atoms with Crippen LogP contribution in [0.4, 0.5) is 16.5 Å². The third-order valence-electron chi connectivity index (χ3n) is 5.25. The van der Waals surface area contributed by atoms with Crippen molar-refractivity contribution in [1.29, 1.82) is 0 Å². The Kier molecular flexibility index (Phi) is 6.49. The maximum atomic E-state index is 13.3. The molecule has 4 rings (SSSR count). The molecular formula is C23H22N4O5S2. The number of ether oxygens (including phenoxy) is 1. The molecule has 176 valence electrons. The maximum absolute atomic E-state index is 13.3. The smallest absolute Gasteiger partial charge is 0.332 e. The molecular weight excluding hydrogens is 476 g/mol. The molecule has 11 heteroatoms. The van der Waals surface area contributed by atoms with Crippen LogP contribution >= 0.6 is 11.3 Å². The van der Waals surface area contributed by atoms with Gasteiger partial charge in [-0.25, -0.2) is 23.2 Å². The lowest BCUT2D eigenvalue weighted by molar-refractivity contribution is -0.149. The molecule has 1 fully saturated rings. The first-order valence-corrected chi connectivity index (χ1v) is 12.8. The molecule has 1 aliphatic rings. The number of carbonyl (C=O) groups is 2. The number of sulfonamides is 1. The number of amides is 1. The van der Waals surface area contributed by atoms with E-state index in [0.717, 1.165) is 0 Å². The summed E-state index contributed by atoms with van der Waals surface area (Å²) in [7, 11) is -3.81. The Morgan fingerprint density at radius 3 is 2.53 bits per heavy atom. The lowest BCUT2D eigenvalue weighted by atomic mass is 9.98. The minimum atomic E-state index is -3.81. The molecule has 0 saturated carbocycles. The monoisotopic (exact) mass is 498 g/mol. The molecule has 1 atom stereocenters. The van der Waals surface area contributed by atoms with Crippen LogP contribution in [-0.4, -0.2) is 43.1 Å². The van der Waals surface area contributed by atoms with Gasteiger partial charge >= 0.3 is 5.97 Å². The summed E-state index contributed by atoms with van der Waals surface area (Å²) in [6.45, 7) is 3.54. The number of anilines is 2. The topological polar surface area (TPSA) is 118 Å². The summed E-state index contributed by atoms with van der Waals surface area (Å²) in [5.41, 5.74) is -0.134. The van der Waals surface area contributed by atoms with Crippen LogP contribution in [0.15, 0.2) is 76.1 Å². The highest BCUT2D eigenvalue weighted by Crippen LogP contribution is 2.36. The van der Waals surface area contributed by atoms with Crippen LogP contribution in [0.1, 0.15) is 20.3 Å². The van der Waals surface area contributed by atoms with Gasteiger partial charge in [0.1, 0.15) is 11.3 Å². The van der Waals surface area contributed by atoms with Crippen LogP contribution in [0.3, 0.4) is 0 Å². The molecule has 0 bridgehead atoms. The van der Waals surface area contributed by atoms with Crippen molar-refractivity contribution in [3.05, 3.63) is 66.2 Å². The van der Waals surface area contributed by atoms with Crippen LogP contribution in [-0.2, 0) is 24.3 Å². The highest BCUT2D eigenvalue weighted by Gasteiger charge is 2.53. The normalized spacial score (nSPS) is 19.4. The van der Waals surface area contributed by atoms with E-state index in [4.69, 9.17) is 4.74 Å². The number of benzene rings is 2. The predicted octanol–water partition coefficient (Wildman–Crippen LogP) is 3.78. The second-order valence-corrected chi connectivity index (χ2v) is 10.2. The van der Waals surface area contributed by atoms with Crippen molar-refractivity contribution in [1.82, 2.24) is 4.98 Å². The number of aliphatic imine (C=N–C) groups is 1. The zero-order valence-corrected chi connectivity index (χ0v) is 20.1. The molecule has 1 saturated heterocycles. The van der Waals surface area contributed by atoms with Gasteiger partial charge < -0.3 is 4.74 Å². The molecule has 1 aromatic heterocycles. The first-order chi connectivity index (χ1) is 16.2. The van der Waals surface area contributed by atoms with E-state index in [9.17, 15) is 18.0 Å². The number of nitrogens with one attached hydrogen (secondary N) is 1. The fourth-order valence-corrected chi connectivity index (χ4v) is 5.44. The molecule has 1 unspecified atom stereocenters. The van der Waals surface area contributed by atoms with E-state index in [2.05, 4.69) is 14.7 Å². The first-order valence-electron chi connectivity index (χ1n) is 10.4. The van der Waals surface area contributed by atoms with Crippen LogP contribution in [0.2, 0.25) is 0 Å². The van der Waals surface area contributed by atoms with Gasteiger partial charge in [0.2, 0.25) is 0 Å². The van der Waals surface area contributed by atoms with E-state index in [1.807, 2.05) is 6.07 Å². The summed E-state index contributed by atoms with van der Waals surface area (Å²) in [5.74, 6) is -0.934. The van der Waals surface area contributed by atoms with Crippen molar-refractivity contribution >= 4 is 55.5 Å². The van der Waals surface area contributed by atoms with E-state index in [-0.39, 0.29) is 28.8 Å². The van der Waals surface area contributed by atoms with Crippen molar-refractivity contribution in [2.75, 3.05) is 16.2 Å². The van der Waals surface area contributed by atoms with Gasteiger partial charge in [0.15, 0.2) is 5.13 Å². The number of para-hydroxylation sites is 1. The number of carbonyl (C=O) groups excluding carboxylic acids is 2. The summed E-state index contributed by atoms with van der Waals surface area (Å²) in [6, 6.07) is 14.7. The van der Waals surface area contributed by atoms with Crippen molar-refractivity contribution in [3.8, 4) is 0 Å². The lowest BCUT2D eigenvalue weighted by Crippen LogP contribution is -2.50. The SMILES string of the molecule is CCOC(=O)C1(C)CC(=Nc2ccc(S(=O)(=O)Nc3nccs3)cc2)C(=O)N1c1ccccc1. The molecule has 9 nitrogen and oxygen atoms in total. The Hall–Kier alpha value is -3.57. The Bertz CT molecular complexity index is 1320. The summed E-state index contributed by atoms with van der Waals surface area (Å²) in [6.07, 6.45) is 1.55. The van der Waals surface area contributed by atoms with Crippen molar-refractivity contribution < 1.29 is 22.7 Å². The van der Waals surface area contributed by atoms with E-state index in [0.29, 0.717) is 11.4 Å². The number of hydrogen-bond donors (Lipinski definition) is 1. The van der Waals surface area contributed by atoms with Crippen LogP contribution in [0.5, 0.6) is 0 Å². The van der Waals surface area contributed by atoms with E-state index < -0.39 is 27.4 Å². The van der Waals surface area contributed by atoms with Gasteiger partial charge in [-0.1, -0.05) is 18.2 Å². The van der Waals surface area contributed by atoms with Gasteiger partial charge in [-0.2, -0.15) is 0 Å². The van der Waals surface area contributed by atoms with Gasteiger partial charge in [-0.3, -0.25) is 14.4 Å². The number of aromatic nitrogens is 1. The molecule has 1 amide bonds. The second kappa shape index (κ2) is 9.35. The molecule has 2 aromatic carbocycles. The Morgan fingerprint density at radius 1 is 1.21 bits per heavy atom. The number of hydrogen-bond acceptors (Lipinski definition) is 8. The standard InChI is InChI=1S/C23H22N4O5S2/c1-3-32-21(29)23(2)15-19(20(28)27(23)17-7-5-4-6-8-17)25-16-9-11-18(12-10-16)34(30,31)26-22-24-13-14-33-22/h4-14H,3,15H2,1-2H3,(H,24,26). The van der Waals surface area contributed by atoms with Gasteiger partial charge in [0, 0.05) is 23.7 Å². The molecule has 0 spiro atoms. The lowest BCUT2D eigenvalue weighted by Gasteiger charge is -2.32. The highest BCUT2D eigenvalue weighted by molar-refractivity contribution is 7.93.